The van der Waals surface area contributed by atoms with Crippen molar-refractivity contribution in [1.82, 2.24) is 14.7 Å². The van der Waals surface area contributed by atoms with Crippen LogP contribution in [0.25, 0.3) is 11.1 Å². The number of ether oxygens (including phenoxy) is 1. The Labute approximate surface area is 266 Å². The lowest BCUT2D eigenvalue weighted by atomic mass is 9.99. The van der Waals surface area contributed by atoms with Crippen LogP contribution in [-0.4, -0.2) is 72.4 Å². The third-order valence-corrected chi connectivity index (χ3v) is 8.60. The van der Waals surface area contributed by atoms with Crippen molar-refractivity contribution in [2.75, 3.05) is 55.7 Å². The molecule has 0 bridgehead atoms. The van der Waals surface area contributed by atoms with E-state index in [0.29, 0.717) is 49.8 Å². The van der Waals surface area contributed by atoms with Gasteiger partial charge in [-0.05, 0) is 55.5 Å². The van der Waals surface area contributed by atoms with Crippen LogP contribution in [0.2, 0.25) is 5.02 Å². The Morgan fingerprint density at radius 2 is 1.73 bits per heavy atom. The molecule has 12 heteroatoms. The molecule has 3 heterocycles. The molecule has 1 atom stereocenters. The largest absolute Gasteiger partial charge is 0.462 e. The number of piperidine rings is 1. The second-order valence-corrected chi connectivity index (χ2v) is 12.4. The summed E-state index contributed by atoms with van der Waals surface area (Å²) in [5, 5.41) is 4.56. The Morgan fingerprint density at radius 1 is 1.02 bits per heavy atom. The molecule has 5 rings (SSSR count). The van der Waals surface area contributed by atoms with Crippen molar-refractivity contribution in [1.29, 1.82) is 0 Å². The molecule has 1 amide bonds. The van der Waals surface area contributed by atoms with Gasteiger partial charge in [-0.25, -0.2) is 4.79 Å². The van der Waals surface area contributed by atoms with Gasteiger partial charge >= 0.3 is 12.1 Å². The highest BCUT2D eigenvalue weighted by Crippen LogP contribution is 2.39. The van der Waals surface area contributed by atoms with E-state index >= 15 is 0 Å². The number of esters is 1. The zero-order valence-electron chi connectivity index (χ0n) is 25.8. The van der Waals surface area contributed by atoms with Gasteiger partial charge in [0.15, 0.2) is 5.69 Å². The summed E-state index contributed by atoms with van der Waals surface area (Å²) >= 11 is 6.44. The standard InChI is InChI=1S/C33H39ClF3N5O3/c1-4-45-32(44)28-20-38-42(31(28)33(35,36)37)26-6-5-13-41(21-26)29-19-24(34)9-12-27(29)23-7-10-25(11-8-23)39-14-16-40(17-15-39)30(43)18-22(2)3/h7-12,19-20,22,26H,4-6,13-18,21H2,1-3H3. The summed E-state index contributed by atoms with van der Waals surface area (Å²) in [7, 11) is 0. The molecule has 0 radical (unpaired) electrons. The number of alkyl halides is 3. The number of hydrogen-bond donors (Lipinski definition) is 0. The lowest BCUT2D eigenvalue weighted by molar-refractivity contribution is -0.145. The lowest BCUT2D eigenvalue weighted by Crippen LogP contribution is -2.49. The van der Waals surface area contributed by atoms with E-state index < -0.39 is 29.4 Å². The fourth-order valence-electron chi connectivity index (χ4n) is 6.21. The quantitative estimate of drug-likeness (QED) is 0.247. The van der Waals surface area contributed by atoms with Crippen LogP contribution in [0.4, 0.5) is 24.5 Å². The minimum atomic E-state index is -4.78. The normalized spacial score (nSPS) is 17.6. The highest BCUT2D eigenvalue weighted by Gasteiger charge is 2.42. The predicted molar refractivity (Wildman–Crippen MR) is 169 cm³/mol. The fourth-order valence-corrected chi connectivity index (χ4v) is 6.37. The van der Waals surface area contributed by atoms with Gasteiger partial charge in [0, 0.05) is 67.7 Å². The van der Waals surface area contributed by atoms with Gasteiger partial charge in [0.2, 0.25) is 5.91 Å². The molecule has 2 aliphatic heterocycles. The Kier molecular flexibility index (Phi) is 9.96. The molecule has 45 heavy (non-hydrogen) atoms. The summed E-state index contributed by atoms with van der Waals surface area (Å²) in [5.74, 6) is -0.494. The zero-order chi connectivity index (χ0) is 32.3. The van der Waals surface area contributed by atoms with Crippen molar-refractivity contribution >= 4 is 34.9 Å². The van der Waals surface area contributed by atoms with E-state index in [0.717, 1.165) is 46.5 Å². The molecule has 8 nitrogen and oxygen atoms in total. The number of halogens is 4. The summed E-state index contributed by atoms with van der Waals surface area (Å²) in [6, 6.07) is 13.2. The first-order chi connectivity index (χ1) is 21.5. The van der Waals surface area contributed by atoms with Crippen molar-refractivity contribution in [2.24, 2.45) is 5.92 Å². The molecule has 0 aliphatic carbocycles. The summed E-state index contributed by atoms with van der Waals surface area (Å²) in [6.45, 7) is 9.42. The van der Waals surface area contributed by atoms with Crippen LogP contribution < -0.4 is 9.80 Å². The Balaban J connectivity index is 1.35. The van der Waals surface area contributed by atoms with Crippen molar-refractivity contribution in [3.05, 3.63) is 64.9 Å². The maximum atomic E-state index is 14.2. The molecule has 2 aromatic carbocycles. The number of hydrogen-bond acceptors (Lipinski definition) is 6. The second kappa shape index (κ2) is 13.7. The summed E-state index contributed by atoms with van der Waals surface area (Å²) in [4.78, 5) is 31.0. The number of nitrogens with zero attached hydrogens (tertiary/aromatic N) is 5. The number of carbonyl (C=O) groups excluding carboxylic acids is 2. The zero-order valence-corrected chi connectivity index (χ0v) is 26.6. The van der Waals surface area contributed by atoms with Gasteiger partial charge in [-0.15, -0.1) is 0 Å². The van der Waals surface area contributed by atoms with Crippen LogP contribution >= 0.6 is 11.6 Å². The summed E-state index contributed by atoms with van der Waals surface area (Å²) in [5.41, 5.74) is 2.10. The number of aromatic nitrogens is 2. The topological polar surface area (TPSA) is 70.9 Å². The lowest BCUT2D eigenvalue weighted by Gasteiger charge is -2.37. The van der Waals surface area contributed by atoms with E-state index in [1.165, 1.54) is 0 Å². The van der Waals surface area contributed by atoms with Crippen molar-refractivity contribution < 1.29 is 27.5 Å². The number of amides is 1. The number of anilines is 2. The van der Waals surface area contributed by atoms with E-state index in [-0.39, 0.29) is 19.1 Å². The summed E-state index contributed by atoms with van der Waals surface area (Å²) < 4.78 is 48.4. The number of benzene rings is 2. The Bertz CT molecular complexity index is 1500. The molecule has 3 aromatic rings. The van der Waals surface area contributed by atoms with E-state index in [2.05, 4.69) is 36.0 Å². The fraction of sp³-hybridized carbons (Fsp3) is 0.485. The molecular formula is C33H39ClF3N5O3. The van der Waals surface area contributed by atoms with Crippen LogP contribution in [0, 0.1) is 5.92 Å². The number of carbonyl (C=O) groups is 2. The van der Waals surface area contributed by atoms with E-state index in [1.54, 1.807) is 6.92 Å². The maximum absolute atomic E-state index is 14.2. The SMILES string of the molecule is CCOC(=O)c1cnn(C2CCCN(c3cc(Cl)ccc3-c3ccc(N4CCN(C(=O)CC(C)C)CC4)cc3)C2)c1C(F)(F)F. The van der Waals surface area contributed by atoms with Crippen LogP contribution in [0.3, 0.4) is 0 Å². The first-order valence-corrected chi connectivity index (χ1v) is 15.8. The van der Waals surface area contributed by atoms with Gasteiger partial charge in [0.1, 0.15) is 5.56 Å². The molecule has 0 spiro atoms. The average Bonchev–Trinajstić information content (AvgIpc) is 3.48. The van der Waals surface area contributed by atoms with Crippen molar-refractivity contribution in [2.45, 2.75) is 52.3 Å². The molecule has 242 valence electrons. The molecule has 2 aliphatic rings. The molecule has 0 N–H and O–H groups in total. The molecule has 2 saturated heterocycles. The monoisotopic (exact) mass is 645 g/mol. The van der Waals surface area contributed by atoms with Gasteiger partial charge in [-0.3, -0.25) is 9.48 Å². The van der Waals surface area contributed by atoms with Crippen LogP contribution in [-0.2, 0) is 15.7 Å². The van der Waals surface area contributed by atoms with Crippen molar-refractivity contribution in [3.63, 3.8) is 0 Å². The van der Waals surface area contributed by atoms with Gasteiger partial charge < -0.3 is 19.4 Å². The Hall–Kier alpha value is -3.73. The maximum Gasteiger partial charge on any atom is 0.433 e. The van der Waals surface area contributed by atoms with Crippen LogP contribution in [0.5, 0.6) is 0 Å². The van der Waals surface area contributed by atoms with E-state index in [9.17, 15) is 22.8 Å². The van der Waals surface area contributed by atoms with Crippen molar-refractivity contribution in [3.8, 4) is 11.1 Å². The average molecular weight is 646 g/mol. The second-order valence-electron chi connectivity index (χ2n) is 12.0. The first kappa shape index (κ1) is 32.7. The number of piperazine rings is 1. The third-order valence-electron chi connectivity index (χ3n) is 8.36. The molecular weight excluding hydrogens is 607 g/mol. The van der Waals surface area contributed by atoms with Crippen LogP contribution in [0.15, 0.2) is 48.7 Å². The minimum absolute atomic E-state index is 0.0346. The van der Waals surface area contributed by atoms with E-state index in [1.807, 2.05) is 40.1 Å². The van der Waals surface area contributed by atoms with Gasteiger partial charge in [-0.1, -0.05) is 43.6 Å². The molecule has 1 unspecified atom stereocenters. The van der Waals surface area contributed by atoms with E-state index in [4.69, 9.17) is 16.3 Å². The number of rotatable bonds is 8. The third kappa shape index (κ3) is 7.40. The molecule has 1 aromatic heterocycles. The smallest absolute Gasteiger partial charge is 0.433 e. The van der Waals surface area contributed by atoms with Crippen LogP contribution in [0.1, 0.15) is 62.1 Å². The predicted octanol–water partition coefficient (Wildman–Crippen LogP) is 6.94. The Morgan fingerprint density at radius 3 is 2.38 bits per heavy atom. The van der Waals surface area contributed by atoms with Gasteiger partial charge in [0.05, 0.1) is 18.8 Å². The summed E-state index contributed by atoms with van der Waals surface area (Å²) in [6.07, 6.45) is -2.15. The highest BCUT2D eigenvalue weighted by molar-refractivity contribution is 6.31. The van der Waals surface area contributed by atoms with Gasteiger partial charge in [-0.2, -0.15) is 18.3 Å². The minimum Gasteiger partial charge on any atom is -0.462 e. The molecule has 0 saturated carbocycles. The molecule has 2 fully saturated rings. The highest BCUT2D eigenvalue weighted by atomic mass is 35.5. The first-order valence-electron chi connectivity index (χ1n) is 15.5. The van der Waals surface area contributed by atoms with Gasteiger partial charge in [0.25, 0.3) is 0 Å².